The monoisotopic (exact) mass is 146 g/mol. The van der Waals surface area contributed by atoms with Gasteiger partial charge >= 0.3 is 0 Å². The molecule has 1 aromatic carbocycles. The summed E-state index contributed by atoms with van der Waals surface area (Å²) in [7, 11) is 0. The fourth-order valence-corrected chi connectivity index (χ4v) is 0.807. The number of benzene rings is 1. The Balaban J connectivity index is 2.84. The van der Waals surface area contributed by atoms with Crippen LogP contribution in [0.25, 0.3) is 10.4 Å². The lowest BCUT2D eigenvalue weighted by Crippen LogP contribution is -1.86. The van der Waals surface area contributed by atoms with E-state index in [-0.39, 0.29) is 6.04 Å². The van der Waals surface area contributed by atoms with E-state index < -0.39 is 0 Å². The normalized spacial score (nSPS) is 11.7. The first-order valence-corrected chi connectivity index (χ1v) is 3.35. The van der Waals surface area contributed by atoms with E-state index in [0.717, 1.165) is 5.56 Å². The molecule has 0 spiro atoms. The summed E-state index contributed by atoms with van der Waals surface area (Å²) in [6.07, 6.45) is 0. The summed E-state index contributed by atoms with van der Waals surface area (Å²) in [5.41, 5.74) is 9.06. The van der Waals surface area contributed by atoms with E-state index >= 15 is 0 Å². The molecular formula is C8H8N3. The molecule has 0 saturated heterocycles. The molecule has 55 valence electrons. The molecule has 3 heteroatoms. The first kappa shape index (κ1) is 7.63. The average molecular weight is 146 g/mol. The highest BCUT2D eigenvalue weighted by molar-refractivity contribution is 5.16. The van der Waals surface area contributed by atoms with Crippen LogP contribution >= 0.6 is 0 Å². The summed E-state index contributed by atoms with van der Waals surface area (Å²) in [6, 6.07) is 10.3. The molecule has 1 atom stereocenters. The largest absolute Gasteiger partial charge is 0.0862 e. The standard InChI is InChI=1S/C8H8N3/c1-7(10-11-9)8-5-3-2-4-6-8/h2-5,7H,1H3. The Hall–Kier alpha value is -1.47. The summed E-state index contributed by atoms with van der Waals surface area (Å²) in [5, 5.41) is 3.54. The number of hydrogen-bond donors (Lipinski definition) is 0. The maximum absolute atomic E-state index is 8.14. The van der Waals surface area contributed by atoms with E-state index in [2.05, 4.69) is 16.1 Å². The average Bonchev–Trinajstić information content (AvgIpc) is 2.07. The minimum absolute atomic E-state index is 0.124. The highest BCUT2D eigenvalue weighted by Gasteiger charge is 1.99. The van der Waals surface area contributed by atoms with Gasteiger partial charge in [-0.25, -0.2) is 0 Å². The second-order valence-electron chi connectivity index (χ2n) is 2.20. The first-order chi connectivity index (χ1) is 5.34. The summed E-state index contributed by atoms with van der Waals surface area (Å²) >= 11 is 0. The fourth-order valence-electron chi connectivity index (χ4n) is 0.807. The Morgan fingerprint density at radius 1 is 1.64 bits per heavy atom. The van der Waals surface area contributed by atoms with Crippen LogP contribution in [0.1, 0.15) is 18.5 Å². The van der Waals surface area contributed by atoms with Crippen molar-refractivity contribution in [3.05, 3.63) is 46.3 Å². The Morgan fingerprint density at radius 2 is 2.45 bits per heavy atom. The number of hydrogen-bond acceptors (Lipinski definition) is 1. The van der Waals surface area contributed by atoms with Gasteiger partial charge in [0.15, 0.2) is 0 Å². The van der Waals surface area contributed by atoms with Crippen LogP contribution in [-0.2, 0) is 0 Å². The summed E-state index contributed by atoms with van der Waals surface area (Å²) < 4.78 is 0. The molecule has 0 aliphatic carbocycles. The maximum Gasteiger partial charge on any atom is 0.0603 e. The predicted octanol–water partition coefficient (Wildman–Crippen LogP) is 2.86. The van der Waals surface area contributed by atoms with Crippen molar-refractivity contribution in [2.24, 2.45) is 5.11 Å². The van der Waals surface area contributed by atoms with Gasteiger partial charge in [-0.2, -0.15) is 0 Å². The van der Waals surface area contributed by atoms with Gasteiger partial charge in [0, 0.05) is 4.91 Å². The molecule has 0 amide bonds. The third-order valence-electron chi connectivity index (χ3n) is 1.41. The lowest BCUT2D eigenvalue weighted by atomic mass is 10.1. The van der Waals surface area contributed by atoms with Crippen LogP contribution in [0.15, 0.2) is 29.4 Å². The van der Waals surface area contributed by atoms with Crippen LogP contribution in [-0.4, -0.2) is 0 Å². The van der Waals surface area contributed by atoms with Gasteiger partial charge in [-0.05, 0) is 17.2 Å². The number of azide groups is 1. The van der Waals surface area contributed by atoms with E-state index in [4.69, 9.17) is 5.53 Å². The second-order valence-corrected chi connectivity index (χ2v) is 2.20. The van der Waals surface area contributed by atoms with Gasteiger partial charge in [0.1, 0.15) is 0 Å². The molecule has 0 fully saturated rings. The summed E-state index contributed by atoms with van der Waals surface area (Å²) in [6.45, 7) is 1.84. The van der Waals surface area contributed by atoms with Crippen LogP contribution in [0.4, 0.5) is 0 Å². The van der Waals surface area contributed by atoms with Gasteiger partial charge in [-0.1, -0.05) is 36.3 Å². The molecule has 1 radical (unpaired) electrons. The molecule has 0 bridgehead atoms. The lowest BCUT2D eigenvalue weighted by molar-refractivity contribution is 0.806. The first-order valence-electron chi connectivity index (χ1n) is 3.35. The zero-order chi connectivity index (χ0) is 8.10. The zero-order valence-corrected chi connectivity index (χ0v) is 6.23. The van der Waals surface area contributed by atoms with E-state index in [1.54, 1.807) is 6.07 Å². The number of nitrogens with zero attached hydrogens (tertiary/aromatic N) is 3. The topological polar surface area (TPSA) is 48.8 Å². The quantitative estimate of drug-likeness (QED) is 0.350. The Morgan fingerprint density at radius 3 is 3.00 bits per heavy atom. The Kier molecular flexibility index (Phi) is 2.53. The van der Waals surface area contributed by atoms with Crippen LogP contribution in [0, 0.1) is 6.07 Å². The molecule has 3 nitrogen and oxygen atoms in total. The third kappa shape index (κ3) is 1.99. The predicted molar refractivity (Wildman–Crippen MR) is 42.8 cm³/mol. The van der Waals surface area contributed by atoms with Crippen molar-refractivity contribution in [3.63, 3.8) is 0 Å². The highest BCUT2D eigenvalue weighted by atomic mass is 15.1. The van der Waals surface area contributed by atoms with Crippen LogP contribution in [0.5, 0.6) is 0 Å². The van der Waals surface area contributed by atoms with Crippen LogP contribution in [0.3, 0.4) is 0 Å². The molecule has 0 N–H and O–H groups in total. The Bertz CT molecular complexity index is 262. The van der Waals surface area contributed by atoms with Gasteiger partial charge in [0.05, 0.1) is 6.04 Å². The molecule has 0 aromatic heterocycles. The van der Waals surface area contributed by atoms with Gasteiger partial charge in [0.2, 0.25) is 0 Å². The highest BCUT2D eigenvalue weighted by Crippen LogP contribution is 2.14. The molecule has 1 unspecified atom stereocenters. The second kappa shape index (κ2) is 3.64. The Labute approximate surface area is 65.3 Å². The van der Waals surface area contributed by atoms with Crippen molar-refractivity contribution in [3.8, 4) is 0 Å². The van der Waals surface area contributed by atoms with Gasteiger partial charge in [-0.15, -0.1) is 0 Å². The van der Waals surface area contributed by atoms with Crippen molar-refractivity contribution < 1.29 is 0 Å². The molecule has 0 heterocycles. The van der Waals surface area contributed by atoms with E-state index in [9.17, 15) is 0 Å². The molecular weight excluding hydrogens is 138 g/mol. The third-order valence-corrected chi connectivity index (χ3v) is 1.41. The molecule has 1 rings (SSSR count). The maximum atomic E-state index is 8.14. The van der Waals surface area contributed by atoms with Crippen molar-refractivity contribution in [1.82, 2.24) is 0 Å². The zero-order valence-electron chi connectivity index (χ0n) is 6.23. The molecule has 1 aromatic rings. The van der Waals surface area contributed by atoms with Crippen LogP contribution in [0.2, 0.25) is 0 Å². The molecule has 0 saturated carbocycles. The van der Waals surface area contributed by atoms with Crippen molar-refractivity contribution >= 4 is 0 Å². The van der Waals surface area contributed by atoms with E-state index in [0.29, 0.717) is 0 Å². The number of rotatable bonds is 2. The van der Waals surface area contributed by atoms with Gasteiger partial charge < -0.3 is 0 Å². The molecule has 0 aliphatic rings. The summed E-state index contributed by atoms with van der Waals surface area (Å²) in [5.74, 6) is 0. The van der Waals surface area contributed by atoms with E-state index in [1.165, 1.54) is 0 Å². The van der Waals surface area contributed by atoms with Crippen molar-refractivity contribution in [2.75, 3.05) is 0 Å². The lowest BCUT2D eigenvalue weighted by Gasteiger charge is -2.01. The van der Waals surface area contributed by atoms with Crippen molar-refractivity contribution in [1.29, 1.82) is 0 Å². The SMILES string of the molecule is CC(N=[N+]=[N-])c1[c]cccc1. The van der Waals surface area contributed by atoms with Crippen LogP contribution < -0.4 is 0 Å². The van der Waals surface area contributed by atoms with Gasteiger partial charge in [-0.3, -0.25) is 0 Å². The smallest absolute Gasteiger partial charge is 0.0603 e. The fraction of sp³-hybridized carbons (Fsp3) is 0.250. The van der Waals surface area contributed by atoms with E-state index in [1.807, 2.05) is 25.1 Å². The van der Waals surface area contributed by atoms with Crippen molar-refractivity contribution in [2.45, 2.75) is 13.0 Å². The van der Waals surface area contributed by atoms with Gasteiger partial charge in [0.25, 0.3) is 0 Å². The summed E-state index contributed by atoms with van der Waals surface area (Å²) in [4.78, 5) is 2.72. The minimum atomic E-state index is -0.124. The molecule has 0 aliphatic heterocycles. The molecule has 11 heavy (non-hydrogen) atoms. The minimum Gasteiger partial charge on any atom is -0.0862 e.